The molecule has 0 spiro atoms. The number of anilines is 1. The number of rotatable bonds is 5. The Morgan fingerprint density at radius 1 is 1.45 bits per heavy atom. The van der Waals surface area contributed by atoms with Gasteiger partial charge in [-0.3, -0.25) is 4.79 Å². The molecule has 1 amide bonds. The molecule has 0 bridgehead atoms. The summed E-state index contributed by atoms with van der Waals surface area (Å²) in [5.74, 6) is 6.97. The molecule has 2 aromatic rings. The Morgan fingerprint density at radius 3 is 3.10 bits per heavy atom. The maximum atomic E-state index is 12.6. The number of carbonyl (C=O) groups is 1. The fourth-order valence-electron chi connectivity index (χ4n) is 3.48. The van der Waals surface area contributed by atoms with Gasteiger partial charge in [0.1, 0.15) is 22.1 Å². The molecule has 1 saturated heterocycles. The average molecular weight is 459 g/mol. The minimum Gasteiger partial charge on any atom is -0.463 e. The van der Waals surface area contributed by atoms with Gasteiger partial charge in [-0.15, -0.1) is 17.3 Å². The third-order valence-electron chi connectivity index (χ3n) is 5.07. The van der Waals surface area contributed by atoms with Crippen LogP contribution in [0.1, 0.15) is 35.8 Å². The lowest BCUT2D eigenvalue weighted by atomic mass is 9.80. The number of aromatic nitrogens is 3. The zero-order valence-corrected chi connectivity index (χ0v) is 18.8. The molecule has 4 rings (SSSR count). The van der Waals surface area contributed by atoms with E-state index in [0.717, 1.165) is 17.2 Å². The van der Waals surface area contributed by atoms with Crippen molar-refractivity contribution in [3.05, 3.63) is 28.5 Å². The van der Waals surface area contributed by atoms with E-state index in [0.29, 0.717) is 23.5 Å². The molecule has 1 fully saturated rings. The van der Waals surface area contributed by atoms with Crippen molar-refractivity contribution in [2.75, 3.05) is 24.3 Å². The zero-order valence-electron chi connectivity index (χ0n) is 17.1. The molecule has 2 aliphatic rings. The van der Waals surface area contributed by atoms with Gasteiger partial charge >= 0.3 is 0 Å². The highest BCUT2D eigenvalue weighted by molar-refractivity contribution is 8.13. The first kappa shape index (κ1) is 21.5. The number of hydrogen-bond acceptors (Lipinski definition) is 10. The first-order chi connectivity index (χ1) is 15.0. The van der Waals surface area contributed by atoms with Gasteiger partial charge in [0.15, 0.2) is 11.8 Å². The maximum absolute atomic E-state index is 12.6. The summed E-state index contributed by atoms with van der Waals surface area (Å²) in [7, 11) is 0. The number of hydrogen-bond donors (Lipinski definition) is 2. The molecule has 4 heterocycles. The Kier molecular flexibility index (Phi) is 6.41. The number of nitrogens with one attached hydrogen (secondary N) is 1. The van der Waals surface area contributed by atoms with Crippen LogP contribution in [-0.2, 0) is 10.3 Å². The van der Waals surface area contributed by atoms with Crippen molar-refractivity contribution in [1.29, 1.82) is 0 Å². The predicted octanol–water partition coefficient (Wildman–Crippen LogP) is 2.27. The summed E-state index contributed by atoms with van der Waals surface area (Å²) in [6.07, 6.45) is 3.80. The number of thioether (sulfide) groups is 1. The largest absolute Gasteiger partial charge is 0.463 e. The van der Waals surface area contributed by atoms with E-state index in [4.69, 9.17) is 20.2 Å². The maximum Gasteiger partial charge on any atom is 0.277 e. The van der Waals surface area contributed by atoms with E-state index in [-0.39, 0.29) is 24.3 Å². The summed E-state index contributed by atoms with van der Waals surface area (Å²) in [5.41, 5.74) is 5.60. The molecular formula is C20H22N6O3S2. The highest BCUT2D eigenvalue weighted by Gasteiger charge is 2.49. The van der Waals surface area contributed by atoms with Gasteiger partial charge in [-0.2, -0.15) is 0 Å². The summed E-state index contributed by atoms with van der Waals surface area (Å²) in [5, 5.41) is 5.89. The van der Waals surface area contributed by atoms with Gasteiger partial charge in [0.05, 0.1) is 25.1 Å². The SMILES string of the molecule is CC#CCOc1cnc(C(=O)Nc2csc([C@]34CO[C@@H](C)C[C@H]3CSC(N)=N4)n2)cn1. The number of thiazole rings is 1. The van der Waals surface area contributed by atoms with Gasteiger partial charge in [0.2, 0.25) is 5.88 Å². The van der Waals surface area contributed by atoms with E-state index >= 15 is 0 Å². The third-order valence-corrected chi connectivity index (χ3v) is 7.03. The molecule has 3 atom stereocenters. The van der Waals surface area contributed by atoms with E-state index in [2.05, 4.69) is 39.0 Å². The highest BCUT2D eigenvalue weighted by Crippen LogP contribution is 2.47. The molecule has 11 heteroatoms. The molecule has 0 radical (unpaired) electrons. The topological polar surface area (TPSA) is 125 Å². The van der Waals surface area contributed by atoms with Gasteiger partial charge < -0.3 is 20.5 Å². The van der Waals surface area contributed by atoms with E-state index in [9.17, 15) is 4.79 Å². The molecule has 0 aromatic carbocycles. The zero-order chi connectivity index (χ0) is 21.8. The normalized spacial score (nSPS) is 24.9. The number of amidine groups is 1. The second-order valence-electron chi connectivity index (χ2n) is 7.19. The van der Waals surface area contributed by atoms with Gasteiger partial charge in [-0.1, -0.05) is 17.7 Å². The van der Waals surface area contributed by atoms with Crippen molar-refractivity contribution in [2.24, 2.45) is 16.6 Å². The van der Waals surface area contributed by atoms with Crippen molar-refractivity contribution >= 4 is 40.0 Å². The van der Waals surface area contributed by atoms with Crippen molar-refractivity contribution in [1.82, 2.24) is 15.0 Å². The van der Waals surface area contributed by atoms with Crippen molar-refractivity contribution in [3.8, 4) is 17.7 Å². The summed E-state index contributed by atoms with van der Waals surface area (Å²) >= 11 is 3.01. The number of aliphatic imine (C=N–C) groups is 1. The monoisotopic (exact) mass is 458 g/mol. The van der Waals surface area contributed by atoms with E-state index in [1.54, 1.807) is 24.1 Å². The summed E-state index contributed by atoms with van der Waals surface area (Å²) in [4.78, 5) is 30.1. The Hall–Kier alpha value is -2.68. The fraction of sp³-hybridized carbons (Fsp3) is 0.450. The van der Waals surface area contributed by atoms with Gasteiger partial charge in [-0.25, -0.2) is 19.9 Å². The quantitative estimate of drug-likeness (QED) is 0.654. The molecule has 2 aromatic heterocycles. The number of nitrogens with zero attached hydrogens (tertiary/aromatic N) is 4. The first-order valence-corrected chi connectivity index (χ1v) is 11.6. The van der Waals surface area contributed by atoms with E-state index < -0.39 is 11.4 Å². The molecular weight excluding hydrogens is 436 g/mol. The number of carbonyl (C=O) groups excluding carboxylic acids is 1. The smallest absolute Gasteiger partial charge is 0.277 e. The standard InChI is InChI=1S/C20H22N6O3S2/c1-3-4-5-28-16-8-22-14(7-23-16)17(27)24-15-10-30-18(25-15)20-11-29-12(2)6-13(20)9-31-19(21)26-20/h7-8,10,12-13H,5-6,9,11H2,1-2H3,(H2,21,26)(H,24,27)/t12-,13-,20-/m0/s1. The van der Waals surface area contributed by atoms with Crippen molar-refractivity contribution in [3.63, 3.8) is 0 Å². The Bertz CT molecular complexity index is 1050. The van der Waals surface area contributed by atoms with Gasteiger partial charge in [0, 0.05) is 17.1 Å². The van der Waals surface area contributed by atoms with Crippen LogP contribution in [0, 0.1) is 17.8 Å². The molecule has 0 aliphatic carbocycles. The van der Waals surface area contributed by atoms with Crippen LogP contribution in [0.3, 0.4) is 0 Å². The average Bonchev–Trinajstić information content (AvgIpc) is 3.24. The van der Waals surface area contributed by atoms with Crippen LogP contribution in [-0.4, -0.2) is 51.1 Å². The fourth-order valence-corrected chi connectivity index (χ4v) is 5.45. The summed E-state index contributed by atoms with van der Waals surface area (Å²) in [6, 6.07) is 0. The lowest BCUT2D eigenvalue weighted by Gasteiger charge is -2.44. The van der Waals surface area contributed by atoms with Crippen LogP contribution in [0.5, 0.6) is 5.88 Å². The molecule has 0 unspecified atom stereocenters. The van der Waals surface area contributed by atoms with Crippen LogP contribution in [0.4, 0.5) is 5.82 Å². The highest BCUT2D eigenvalue weighted by atomic mass is 32.2. The van der Waals surface area contributed by atoms with Crippen LogP contribution < -0.4 is 15.8 Å². The van der Waals surface area contributed by atoms with Crippen LogP contribution >= 0.6 is 23.1 Å². The van der Waals surface area contributed by atoms with Gasteiger partial charge in [-0.05, 0) is 20.3 Å². The predicted molar refractivity (Wildman–Crippen MR) is 120 cm³/mol. The number of ether oxygens (including phenoxy) is 2. The number of fused-ring (bicyclic) bond motifs is 1. The molecule has 0 saturated carbocycles. The summed E-state index contributed by atoms with van der Waals surface area (Å²) < 4.78 is 11.2. The number of nitrogens with two attached hydrogens (primary N) is 1. The Balaban J connectivity index is 1.48. The second kappa shape index (κ2) is 9.21. The molecule has 2 aliphatic heterocycles. The molecule has 3 N–H and O–H groups in total. The van der Waals surface area contributed by atoms with Crippen LogP contribution in [0.2, 0.25) is 0 Å². The van der Waals surface area contributed by atoms with Crippen LogP contribution in [0.15, 0.2) is 22.8 Å². The Morgan fingerprint density at radius 2 is 2.32 bits per heavy atom. The van der Waals surface area contributed by atoms with E-state index in [1.807, 2.05) is 0 Å². The Labute approximate surface area is 188 Å². The van der Waals surface area contributed by atoms with E-state index in [1.165, 1.54) is 23.7 Å². The molecule has 162 valence electrons. The second-order valence-corrected chi connectivity index (χ2v) is 9.09. The minimum atomic E-state index is -0.602. The first-order valence-electron chi connectivity index (χ1n) is 9.71. The molecule has 9 nitrogen and oxygen atoms in total. The van der Waals surface area contributed by atoms with Crippen LogP contribution in [0.25, 0.3) is 0 Å². The third kappa shape index (κ3) is 4.66. The number of amides is 1. The minimum absolute atomic E-state index is 0.158. The lowest BCUT2D eigenvalue weighted by molar-refractivity contribution is -0.0466. The summed E-state index contributed by atoms with van der Waals surface area (Å²) in [6.45, 7) is 4.44. The van der Waals surface area contributed by atoms with Gasteiger partial charge in [0.25, 0.3) is 5.91 Å². The lowest BCUT2D eigenvalue weighted by Crippen LogP contribution is -2.49. The van der Waals surface area contributed by atoms with Crippen molar-refractivity contribution < 1.29 is 14.3 Å². The molecule has 31 heavy (non-hydrogen) atoms. The van der Waals surface area contributed by atoms with Crippen molar-refractivity contribution in [2.45, 2.75) is 31.9 Å².